The fourth-order valence-electron chi connectivity index (χ4n) is 1.71. The van der Waals surface area contributed by atoms with Gasteiger partial charge in [-0.2, -0.15) is 0 Å². The lowest BCUT2D eigenvalue weighted by atomic mass is 10.1. The summed E-state index contributed by atoms with van der Waals surface area (Å²) in [6.07, 6.45) is 0. The first kappa shape index (κ1) is 12.9. The Morgan fingerprint density at radius 1 is 1.39 bits per heavy atom. The van der Waals surface area contributed by atoms with Gasteiger partial charge < -0.3 is 19.5 Å². The number of morpholine rings is 1. The molecular formula is C12H19N3O3. The van der Waals surface area contributed by atoms with Crippen molar-refractivity contribution in [2.45, 2.75) is 26.3 Å². The number of nitrogens with one attached hydrogen (secondary N) is 1. The summed E-state index contributed by atoms with van der Waals surface area (Å²) in [4.78, 5) is 13.9. The number of hydrogen-bond acceptors (Lipinski definition) is 5. The van der Waals surface area contributed by atoms with E-state index in [9.17, 15) is 4.79 Å². The van der Waals surface area contributed by atoms with Crippen LogP contribution in [0.1, 0.15) is 31.3 Å². The predicted molar refractivity (Wildman–Crippen MR) is 66.8 cm³/mol. The van der Waals surface area contributed by atoms with Crippen molar-refractivity contribution in [2.24, 2.45) is 0 Å². The number of anilines is 1. The first-order chi connectivity index (χ1) is 8.46. The molecule has 0 atom stereocenters. The van der Waals surface area contributed by atoms with Crippen LogP contribution in [0.4, 0.5) is 5.88 Å². The summed E-state index contributed by atoms with van der Waals surface area (Å²) < 4.78 is 10.5. The highest BCUT2D eigenvalue weighted by Gasteiger charge is 2.21. The second-order valence-electron chi connectivity index (χ2n) is 5.35. The summed E-state index contributed by atoms with van der Waals surface area (Å²) in [5.74, 6) is 0.406. The van der Waals surface area contributed by atoms with Crippen molar-refractivity contribution in [3.63, 3.8) is 0 Å². The molecule has 2 heterocycles. The molecule has 1 fully saturated rings. The molecule has 1 amide bonds. The van der Waals surface area contributed by atoms with E-state index in [4.69, 9.17) is 9.26 Å². The summed E-state index contributed by atoms with van der Waals surface area (Å²) in [5, 5.41) is 6.65. The quantitative estimate of drug-likeness (QED) is 0.853. The first-order valence-corrected chi connectivity index (χ1v) is 6.08. The van der Waals surface area contributed by atoms with Gasteiger partial charge in [0.05, 0.1) is 13.2 Å². The van der Waals surface area contributed by atoms with Gasteiger partial charge >= 0.3 is 0 Å². The van der Waals surface area contributed by atoms with Crippen LogP contribution in [0.3, 0.4) is 0 Å². The molecule has 0 saturated carbocycles. The van der Waals surface area contributed by atoms with Gasteiger partial charge in [0.25, 0.3) is 5.91 Å². The first-order valence-electron chi connectivity index (χ1n) is 6.08. The molecule has 100 valence electrons. The zero-order valence-corrected chi connectivity index (χ0v) is 11.0. The molecule has 0 radical (unpaired) electrons. The Morgan fingerprint density at radius 3 is 2.67 bits per heavy atom. The largest absolute Gasteiger partial charge is 0.378 e. The molecule has 2 rings (SSSR count). The Morgan fingerprint density at radius 2 is 2.06 bits per heavy atom. The maximum absolute atomic E-state index is 11.9. The van der Waals surface area contributed by atoms with Gasteiger partial charge in [-0.3, -0.25) is 4.79 Å². The average molecular weight is 253 g/mol. The van der Waals surface area contributed by atoms with Gasteiger partial charge in [-0.25, -0.2) is 0 Å². The summed E-state index contributed by atoms with van der Waals surface area (Å²) in [6, 6.07) is 1.67. The Bertz CT molecular complexity index is 416. The van der Waals surface area contributed by atoms with Crippen LogP contribution in [-0.2, 0) is 4.74 Å². The second-order valence-corrected chi connectivity index (χ2v) is 5.35. The molecule has 0 aliphatic carbocycles. The van der Waals surface area contributed by atoms with Crippen LogP contribution < -0.4 is 10.2 Å². The smallest absolute Gasteiger partial charge is 0.273 e. The number of amides is 1. The maximum Gasteiger partial charge on any atom is 0.273 e. The zero-order chi connectivity index (χ0) is 13.2. The number of ether oxygens (including phenoxy) is 1. The van der Waals surface area contributed by atoms with Crippen LogP contribution in [0.2, 0.25) is 0 Å². The Labute approximate surface area is 106 Å². The van der Waals surface area contributed by atoms with Crippen molar-refractivity contribution in [2.75, 3.05) is 31.2 Å². The summed E-state index contributed by atoms with van der Waals surface area (Å²) in [6.45, 7) is 8.63. The van der Waals surface area contributed by atoms with Crippen LogP contribution in [0.15, 0.2) is 10.6 Å². The van der Waals surface area contributed by atoms with Crippen LogP contribution in [-0.4, -0.2) is 42.9 Å². The highest BCUT2D eigenvalue weighted by atomic mass is 16.5. The van der Waals surface area contributed by atoms with E-state index in [1.807, 2.05) is 25.7 Å². The number of hydrogen-bond donors (Lipinski definition) is 1. The SMILES string of the molecule is CC(C)(C)NC(=O)c1cc(N2CCOCC2)on1. The summed E-state index contributed by atoms with van der Waals surface area (Å²) in [5.41, 5.74) is 0.0289. The van der Waals surface area contributed by atoms with Gasteiger partial charge in [-0.05, 0) is 20.8 Å². The number of rotatable bonds is 2. The van der Waals surface area contributed by atoms with Crippen LogP contribution >= 0.6 is 0 Å². The van der Waals surface area contributed by atoms with E-state index >= 15 is 0 Å². The fourth-order valence-corrected chi connectivity index (χ4v) is 1.71. The Kier molecular flexibility index (Phi) is 3.56. The minimum Gasteiger partial charge on any atom is -0.378 e. The Balaban J connectivity index is 2.03. The van der Waals surface area contributed by atoms with E-state index < -0.39 is 0 Å². The van der Waals surface area contributed by atoms with E-state index in [1.54, 1.807) is 6.07 Å². The van der Waals surface area contributed by atoms with Crippen molar-refractivity contribution in [3.05, 3.63) is 11.8 Å². The van der Waals surface area contributed by atoms with Crippen LogP contribution in [0.5, 0.6) is 0 Å². The Hall–Kier alpha value is -1.56. The highest BCUT2D eigenvalue weighted by Crippen LogP contribution is 2.17. The van der Waals surface area contributed by atoms with Crippen molar-refractivity contribution in [3.8, 4) is 0 Å². The van der Waals surface area contributed by atoms with Gasteiger partial charge in [0.15, 0.2) is 5.69 Å². The van der Waals surface area contributed by atoms with Gasteiger partial charge in [-0.15, -0.1) is 0 Å². The van der Waals surface area contributed by atoms with Crippen molar-refractivity contribution < 1.29 is 14.1 Å². The van der Waals surface area contributed by atoms with Crippen LogP contribution in [0.25, 0.3) is 0 Å². The maximum atomic E-state index is 11.9. The van der Waals surface area contributed by atoms with Gasteiger partial charge in [0.1, 0.15) is 0 Å². The van der Waals surface area contributed by atoms with Gasteiger partial charge in [-0.1, -0.05) is 5.16 Å². The standard InChI is InChI=1S/C12H19N3O3/c1-12(2,3)13-11(16)9-8-10(18-14-9)15-4-6-17-7-5-15/h8H,4-7H2,1-3H3,(H,13,16). The lowest BCUT2D eigenvalue weighted by molar-refractivity contribution is 0.0910. The van der Waals surface area contributed by atoms with Gasteiger partial charge in [0, 0.05) is 24.7 Å². The predicted octanol–water partition coefficient (Wildman–Crippen LogP) is 1.04. The molecular weight excluding hydrogens is 234 g/mol. The molecule has 18 heavy (non-hydrogen) atoms. The monoisotopic (exact) mass is 253 g/mol. The van der Waals surface area contributed by atoms with Crippen molar-refractivity contribution >= 4 is 11.8 Å². The normalized spacial score (nSPS) is 16.7. The molecule has 1 aliphatic heterocycles. The molecule has 6 nitrogen and oxygen atoms in total. The van der Waals surface area contributed by atoms with Crippen LogP contribution in [0, 0.1) is 0 Å². The van der Waals surface area contributed by atoms with Crippen molar-refractivity contribution in [1.29, 1.82) is 0 Å². The average Bonchev–Trinajstić information content (AvgIpc) is 2.77. The third kappa shape index (κ3) is 3.22. The molecule has 1 aromatic rings. The molecule has 0 spiro atoms. The summed E-state index contributed by atoms with van der Waals surface area (Å²) in [7, 11) is 0. The lowest BCUT2D eigenvalue weighted by Gasteiger charge is -2.25. The molecule has 1 aromatic heterocycles. The minimum absolute atomic E-state index is 0.217. The molecule has 0 bridgehead atoms. The number of nitrogens with zero attached hydrogens (tertiary/aromatic N) is 2. The number of carbonyl (C=O) groups excluding carboxylic acids is 1. The molecule has 0 aromatic carbocycles. The van der Waals surface area contributed by atoms with E-state index in [0.29, 0.717) is 24.8 Å². The molecule has 1 saturated heterocycles. The molecule has 1 N–H and O–H groups in total. The molecule has 1 aliphatic rings. The third-order valence-corrected chi connectivity index (χ3v) is 2.54. The van der Waals surface area contributed by atoms with E-state index in [2.05, 4.69) is 10.5 Å². The van der Waals surface area contributed by atoms with E-state index in [1.165, 1.54) is 0 Å². The van der Waals surface area contributed by atoms with Crippen molar-refractivity contribution in [1.82, 2.24) is 10.5 Å². The topological polar surface area (TPSA) is 67.6 Å². The second kappa shape index (κ2) is 4.97. The fraction of sp³-hybridized carbons (Fsp3) is 0.667. The minimum atomic E-state index is -0.283. The third-order valence-electron chi connectivity index (χ3n) is 2.54. The lowest BCUT2D eigenvalue weighted by Crippen LogP contribution is -2.40. The summed E-state index contributed by atoms with van der Waals surface area (Å²) >= 11 is 0. The van der Waals surface area contributed by atoms with E-state index in [0.717, 1.165) is 13.1 Å². The molecule has 6 heteroatoms. The zero-order valence-electron chi connectivity index (χ0n) is 11.0. The number of carbonyl (C=O) groups is 1. The molecule has 0 unspecified atom stereocenters. The highest BCUT2D eigenvalue weighted by molar-refractivity contribution is 5.93. The number of aromatic nitrogens is 1. The van der Waals surface area contributed by atoms with E-state index in [-0.39, 0.29) is 11.4 Å². The van der Waals surface area contributed by atoms with Gasteiger partial charge in [0.2, 0.25) is 5.88 Å².